The Bertz CT molecular complexity index is 957. The highest BCUT2D eigenvalue weighted by Gasteiger charge is 2.54. The molecule has 2 fully saturated rings. The van der Waals surface area contributed by atoms with Gasteiger partial charge in [-0.2, -0.15) is 12.7 Å². The molecule has 2 aliphatic heterocycles. The summed E-state index contributed by atoms with van der Waals surface area (Å²) in [4.78, 5) is 29.0. The summed E-state index contributed by atoms with van der Waals surface area (Å²) in [5.41, 5.74) is 1.59. The summed E-state index contributed by atoms with van der Waals surface area (Å²) < 4.78 is 31.3. The van der Waals surface area contributed by atoms with Crippen LogP contribution in [0.3, 0.4) is 0 Å². The molecule has 3 rings (SSSR count). The van der Waals surface area contributed by atoms with Gasteiger partial charge in [0.2, 0.25) is 0 Å². The SMILES string of the molecule is CC(=Cc1csc(C)n1)C1CC2C(CCCCCCC(=O)CCCC(=O)O1)N2S(N)(=O)=O. The number of ketones is 1. The molecule has 0 aliphatic carbocycles. The molecule has 1 aromatic rings. The third-order valence-corrected chi connectivity index (χ3v) is 8.01. The van der Waals surface area contributed by atoms with Crippen molar-refractivity contribution in [3.05, 3.63) is 21.7 Å². The Kier molecular flexibility index (Phi) is 8.60. The number of carbonyl (C=O) groups excluding carboxylic acids is 2. The highest BCUT2D eigenvalue weighted by Crippen LogP contribution is 2.39. The van der Waals surface area contributed by atoms with Crippen molar-refractivity contribution >= 4 is 39.4 Å². The van der Waals surface area contributed by atoms with Gasteiger partial charge >= 0.3 is 5.97 Å². The Hall–Kier alpha value is -1.62. The maximum absolute atomic E-state index is 12.5. The normalized spacial score (nSPS) is 29.3. The lowest BCUT2D eigenvalue weighted by molar-refractivity contribution is -0.147. The average Bonchev–Trinajstić information content (AvgIpc) is 3.25. The molecular weight excluding hydrogens is 450 g/mol. The van der Waals surface area contributed by atoms with E-state index in [-0.39, 0.29) is 30.3 Å². The predicted octanol–water partition coefficient (Wildman–Crippen LogP) is 3.51. The van der Waals surface area contributed by atoms with Crippen LogP contribution in [0.15, 0.2) is 11.0 Å². The van der Waals surface area contributed by atoms with E-state index in [1.807, 2.05) is 25.3 Å². The van der Waals surface area contributed by atoms with Crippen LogP contribution in [0.1, 0.15) is 81.8 Å². The Morgan fingerprint density at radius 3 is 2.56 bits per heavy atom. The maximum atomic E-state index is 12.5. The fourth-order valence-electron chi connectivity index (χ4n) is 4.39. The molecule has 0 aromatic carbocycles. The van der Waals surface area contributed by atoms with Gasteiger partial charge in [0.25, 0.3) is 10.2 Å². The molecule has 0 radical (unpaired) electrons. The summed E-state index contributed by atoms with van der Waals surface area (Å²) in [6.07, 6.45) is 7.52. The minimum atomic E-state index is -3.82. The summed E-state index contributed by atoms with van der Waals surface area (Å²) in [6, 6.07) is -0.451. The van der Waals surface area contributed by atoms with E-state index in [0.717, 1.165) is 42.0 Å². The Labute approximate surface area is 194 Å². The first kappa shape index (κ1) is 25.0. The molecular formula is C22H33N3O5S2. The van der Waals surface area contributed by atoms with Gasteiger partial charge in [-0.15, -0.1) is 11.3 Å². The van der Waals surface area contributed by atoms with Crippen LogP contribution >= 0.6 is 11.3 Å². The van der Waals surface area contributed by atoms with Gasteiger partial charge in [0, 0.05) is 43.1 Å². The van der Waals surface area contributed by atoms with Crippen LogP contribution in [0.5, 0.6) is 0 Å². The number of esters is 1. The van der Waals surface area contributed by atoms with E-state index in [1.54, 1.807) is 0 Å². The predicted molar refractivity (Wildman–Crippen MR) is 124 cm³/mol. The maximum Gasteiger partial charge on any atom is 0.306 e. The van der Waals surface area contributed by atoms with E-state index in [1.165, 1.54) is 15.6 Å². The number of nitrogens with two attached hydrogens (primary N) is 1. The zero-order chi connectivity index (χ0) is 23.3. The molecule has 32 heavy (non-hydrogen) atoms. The Morgan fingerprint density at radius 2 is 1.88 bits per heavy atom. The van der Waals surface area contributed by atoms with E-state index in [9.17, 15) is 18.0 Å². The number of hydrogen-bond donors (Lipinski definition) is 1. The quantitative estimate of drug-likeness (QED) is 0.519. The molecule has 4 atom stereocenters. The number of carbonyl (C=O) groups is 2. The first-order chi connectivity index (χ1) is 15.1. The fraction of sp³-hybridized carbons (Fsp3) is 0.682. The smallest absolute Gasteiger partial charge is 0.306 e. The first-order valence-corrected chi connectivity index (χ1v) is 13.7. The fourth-order valence-corrected chi connectivity index (χ4v) is 6.13. The molecule has 1 aromatic heterocycles. The third-order valence-electron chi connectivity index (χ3n) is 6.09. The van der Waals surface area contributed by atoms with E-state index in [0.29, 0.717) is 32.1 Å². The molecule has 0 saturated carbocycles. The third kappa shape index (κ3) is 7.19. The van der Waals surface area contributed by atoms with Crippen molar-refractivity contribution in [1.29, 1.82) is 0 Å². The lowest BCUT2D eigenvalue weighted by Gasteiger charge is -2.19. The zero-order valence-electron chi connectivity index (χ0n) is 18.8. The lowest BCUT2D eigenvalue weighted by Crippen LogP contribution is -2.27. The van der Waals surface area contributed by atoms with Crippen molar-refractivity contribution in [2.24, 2.45) is 5.14 Å². The topological polar surface area (TPSA) is 119 Å². The standard InChI is InChI=1S/C22H33N3O5S2/c1-15(12-17-14-31-16(2)24-17)21-13-20-19(25(20)32(23,28)29)10-6-4-3-5-8-18(26)9-7-11-22(27)30-21/h12,14,19-21H,3-11,13H2,1-2H3,(H2,23,28,29). The largest absolute Gasteiger partial charge is 0.458 e. The van der Waals surface area contributed by atoms with Crippen molar-refractivity contribution in [2.75, 3.05) is 0 Å². The second kappa shape index (κ2) is 11.0. The monoisotopic (exact) mass is 483 g/mol. The molecule has 3 heterocycles. The highest BCUT2D eigenvalue weighted by atomic mass is 32.2. The van der Waals surface area contributed by atoms with Crippen molar-refractivity contribution in [2.45, 2.75) is 96.2 Å². The zero-order valence-corrected chi connectivity index (χ0v) is 20.4. The molecule has 10 heteroatoms. The van der Waals surface area contributed by atoms with Crippen LogP contribution in [0.2, 0.25) is 0 Å². The molecule has 0 amide bonds. The van der Waals surface area contributed by atoms with Gasteiger partial charge in [-0.1, -0.05) is 19.3 Å². The molecule has 178 valence electrons. The number of hydrogen-bond acceptors (Lipinski definition) is 7. The summed E-state index contributed by atoms with van der Waals surface area (Å²) in [5, 5.41) is 8.32. The summed E-state index contributed by atoms with van der Waals surface area (Å²) >= 11 is 1.53. The van der Waals surface area contributed by atoms with Gasteiger partial charge in [-0.25, -0.2) is 10.1 Å². The van der Waals surface area contributed by atoms with E-state index < -0.39 is 16.3 Å². The molecule has 2 saturated heterocycles. The Morgan fingerprint density at radius 1 is 1.16 bits per heavy atom. The molecule has 8 nitrogen and oxygen atoms in total. The van der Waals surface area contributed by atoms with E-state index >= 15 is 0 Å². The van der Waals surface area contributed by atoms with Gasteiger partial charge in [0.05, 0.1) is 10.7 Å². The summed E-state index contributed by atoms with van der Waals surface area (Å²) in [6.45, 7) is 3.79. The number of aryl methyl sites for hydroxylation is 1. The summed E-state index contributed by atoms with van der Waals surface area (Å²) in [7, 11) is -3.82. The van der Waals surface area contributed by atoms with Crippen LogP contribution < -0.4 is 5.14 Å². The van der Waals surface area contributed by atoms with Crippen molar-refractivity contribution in [3.8, 4) is 0 Å². The van der Waals surface area contributed by atoms with Crippen LogP contribution in [0, 0.1) is 6.92 Å². The molecule has 2 N–H and O–H groups in total. The van der Waals surface area contributed by atoms with Gasteiger partial charge < -0.3 is 4.74 Å². The van der Waals surface area contributed by atoms with Crippen molar-refractivity contribution < 1.29 is 22.7 Å². The number of thiazole rings is 1. The number of fused-ring (bicyclic) bond motifs is 1. The van der Waals surface area contributed by atoms with Crippen LogP contribution in [-0.4, -0.2) is 47.6 Å². The van der Waals surface area contributed by atoms with Gasteiger partial charge in [0.1, 0.15) is 11.9 Å². The molecule has 0 bridgehead atoms. The van der Waals surface area contributed by atoms with Gasteiger partial charge in [0.15, 0.2) is 0 Å². The number of nitrogens with zero attached hydrogens (tertiary/aromatic N) is 2. The second-order valence-corrected chi connectivity index (χ2v) is 11.3. The Balaban J connectivity index is 1.79. The minimum absolute atomic E-state index is 0.165. The molecule has 2 aliphatic rings. The highest BCUT2D eigenvalue weighted by molar-refractivity contribution is 7.87. The number of cyclic esters (lactones) is 1. The lowest BCUT2D eigenvalue weighted by atomic mass is 10.0. The van der Waals surface area contributed by atoms with Crippen LogP contribution in [-0.2, 0) is 24.5 Å². The first-order valence-electron chi connectivity index (χ1n) is 11.3. The van der Waals surface area contributed by atoms with E-state index in [2.05, 4.69) is 4.98 Å². The van der Waals surface area contributed by atoms with E-state index in [4.69, 9.17) is 9.88 Å². The van der Waals surface area contributed by atoms with Crippen molar-refractivity contribution in [3.63, 3.8) is 0 Å². The number of rotatable bonds is 3. The summed E-state index contributed by atoms with van der Waals surface area (Å²) in [5.74, 6) is -0.199. The van der Waals surface area contributed by atoms with Crippen molar-refractivity contribution in [1.82, 2.24) is 9.29 Å². The van der Waals surface area contributed by atoms with Gasteiger partial charge in [-0.3, -0.25) is 9.59 Å². The second-order valence-electron chi connectivity index (χ2n) is 8.75. The molecule has 4 unspecified atom stereocenters. The van der Waals surface area contributed by atoms with Crippen LogP contribution in [0.4, 0.5) is 0 Å². The number of aromatic nitrogens is 1. The number of Topliss-reactive ketones (excluding diaryl/α,β-unsaturated/α-hetero) is 1. The van der Waals surface area contributed by atoms with Gasteiger partial charge in [-0.05, 0) is 44.8 Å². The number of ether oxygens (including phenoxy) is 1. The van der Waals surface area contributed by atoms with Crippen LogP contribution in [0.25, 0.3) is 6.08 Å². The average molecular weight is 484 g/mol. The minimum Gasteiger partial charge on any atom is -0.458 e. The molecule has 0 spiro atoms.